The molecule has 1 aromatic rings. The number of hydrogen-bond acceptors (Lipinski definition) is 2. The zero-order valence-corrected chi connectivity index (χ0v) is 6.97. The van der Waals surface area contributed by atoms with Crippen LogP contribution in [0.25, 0.3) is 0 Å². The van der Waals surface area contributed by atoms with Crippen LogP contribution in [0.2, 0.25) is 5.02 Å². The maximum Gasteiger partial charge on any atom is 0.420 e. The summed E-state index contributed by atoms with van der Waals surface area (Å²) in [5, 5.41) is 8.56. The maximum atomic E-state index is 12.0. The number of pyridine rings is 1. The van der Waals surface area contributed by atoms with Crippen LogP contribution >= 0.6 is 11.6 Å². The molecule has 2 nitrogen and oxygen atoms in total. The second kappa shape index (κ2) is 3.51. The van der Waals surface area contributed by atoms with Gasteiger partial charge in [0.25, 0.3) is 0 Å². The first-order chi connectivity index (χ1) is 5.93. The van der Waals surface area contributed by atoms with E-state index in [9.17, 15) is 13.2 Å². The molecule has 0 aromatic carbocycles. The zero-order valence-electron chi connectivity index (χ0n) is 6.22. The minimum absolute atomic E-state index is 0.202. The van der Waals surface area contributed by atoms with Crippen LogP contribution in [-0.4, -0.2) is 16.3 Å². The lowest BCUT2D eigenvalue weighted by Crippen LogP contribution is -2.21. The summed E-state index contributed by atoms with van der Waals surface area (Å²) in [6.45, 7) is 0. The Bertz CT molecular complexity index is 302. The Morgan fingerprint density at radius 1 is 1.46 bits per heavy atom. The molecule has 0 fully saturated rings. The summed E-state index contributed by atoms with van der Waals surface area (Å²) < 4.78 is 35.9. The SMILES string of the molecule is O[C@H](c1ncccc1Cl)C(F)(F)F. The zero-order chi connectivity index (χ0) is 10.1. The number of rotatable bonds is 1. The van der Waals surface area contributed by atoms with E-state index in [-0.39, 0.29) is 5.02 Å². The van der Waals surface area contributed by atoms with E-state index in [0.29, 0.717) is 0 Å². The van der Waals surface area contributed by atoms with Crippen LogP contribution < -0.4 is 0 Å². The quantitative estimate of drug-likeness (QED) is 0.774. The fourth-order valence-corrected chi connectivity index (χ4v) is 0.979. The topological polar surface area (TPSA) is 33.1 Å². The molecule has 6 heteroatoms. The molecule has 0 saturated carbocycles. The van der Waals surface area contributed by atoms with Crippen molar-refractivity contribution in [2.75, 3.05) is 0 Å². The number of aromatic nitrogens is 1. The van der Waals surface area contributed by atoms with Crippen molar-refractivity contribution in [2.45, 2.75) is 12.3 Å². The molecule has 1 atom stereocenters. The van der Waals surface area contributed by atoms with Gasteiger partial charge in [-0.1, -0.05) is 11.6 Å². The van der Waals surface area contributed by atoms with E-state index >= 15 is 0 Å². The molecule has 0 aliphatic rings. The Morgan fingerprint density at radius 2 is 2.08 bits per heavy atom. The molecule has 13 heavy (non-hydrogen) atoms. The summed E-state index contributed by atoms with van der Waals surface area (Å²) in [4.78, 5) is 3.34. The average Bonchev–Trinajstić information content (AvgIpc) is 2.02. The van der Waals surface area contributed by atoms with Crippen LogP contribution in [0.15, 0.2) is 18.3 Å². The minimum Gasteiger partial charge on any atom is -0.378 e. The first-order valence-corrected chi connectivity index (χ1v) is 3.66. The summed E-state index contributed by atoms with van der Waals surface area (Å²) in [5.41, 5.74) is -0.573. The molecule has 0 unspecified atom stereocenters. The van der Waals surface area contributed by atoms with Crippen molar-refractivity contribution in [1.82, 2.24) is 4.98 Å². The van der Waals surface area contributed by atoms with Gasteiger partial charge in [-0.05, 0) is 12.1 Å². The standard InChI is InChI=1S/C7H5ClF3NO/c8-4-2-1-3-12-5(4)6(13)7(9,10)11/h1-3,6,13H/t6-/m1/s1. The van der Waals surface area contributed by atoms with Crippen molar-refractivity contribution in [3.8, 4) is 0 Å². The molecule has 0 amide bonds. The lowest BCUT2D eigenvalue weighted by atomic mass is 10.2. The van der Waals surface area contributed by atoms with E-state index in [1.807, 2.05) is 0 Å². The largest absolute Gasteiger partial charge is 0.420 e. The number of halogens is 4. The van der Waals surface area contributed by atoms with Crippen molar-refractivity contribution >= 4 is 11.6 Å². The van der Waals surface area contributed by atoms with E-state index in [1.54, 1.807) is 0 Å². The van der Waals surface area contributed by atoms with Gasteiger partial charge in [0.1, 0.15) is 0 Å². The second-order valence-corrected chi connectivity index (χ2v) is 2.72. The highest BCUT2D eigenvalue weighted by Gasteiger charge is 2.41. The maximum absolute atomic E-state index is 12.0. The third-order valence-corrected chi connectivity index (χ3v) is 1.68. The molecule has 1 rings (SSSR count). The Morgan fingerprint density at radius 3 is 2.54 bits per heavy atom. The molecular weight excluding hydrogens is 207 g/mol. The molecule has 1 aromatic heterocycles. The lowest BCUT2D eigenvalue weighted by molar-refractivity contribution is -0.207. The van der Waals surface area contributed by atoms with Gasteiger partial charge >= 0.3 is 6.18 Å². The third-order valence-electron chi connectivity index (χ3n) is 1.36. The Hall–Kier alpha value is -0.810. The molecule has 0 bridgehead atoms. The predicted molar refractivity (Wildman–Crippen MR) is 40.3 cm³/mol. The monoisotopic (exact) mass is 211 g/mol. The first kappa shape index (κ1) is 10.3. The second-order valence-electron chi connectivity index (χ2n) is 2.31. The fourth-order valence-electron chi connectivity index (χ4n) is 0.754. The molecule has 0 aliphatic carbocycles. The smallest absolute Gasteiger partial charge is 0.378 e. The summed E-state index contributed by atoms with van der Waals surface area (Å²) in [6, 6.07) is 2.62. The van der Waals surface area contributed by atoms with Crippen molar-refractivity contribution in [3.05, 3.63) is 29.0 Å². The van der Waals surface area contributed by atoms with Gasteiger partial charge in [-0.25, -0.2) is 0 Å². The van der Waals surface area contributed by atoms with Gasteiger partial charge in [0, 0.05) is 6.20 Å². The Kier molecular flexibility index (Phi) is 2.77. The number of aliphatic hydroxyl groups is 1. The van der Waals surface area contributed by atoms with E-state index < -0.39 is 18.0 Å². The summed E-state index contributed by atoms with van der Waals surface area (Å²) in [6.07, 6.45) is -6.23. The van der Waals surface area contributed by atoms with Gasteiger partial charge in [0.2, 0.25) is 0 Å². The third kappa shape index (κ3) is 2.32. The van der Waals surface area contributed by atoms with Crippen molar-refractivity contribution in [1.29, 1.82) is 0 Å². The Labute approximate surface area is 77.0 Å². The molecular formula is C7H5ClF3NO. The first-order valence-electron chi connectivity index (χ1n) is 3.28. The predicted octanol–water partition coefficient (Wildman–Crippen LogP) is 2.33. The molecule has 0 spiro atoms. The van der Waals surface area contributed by atoms with E-state index in [0.717, 1.165) is 6.20 Å². The fraction of sp³-hybridized carbons (Fsp3) is 0.286. The van der Waals surface area contributed by atoms with Gasteiger partial charge in [-0.3, -0.25) is 4.98 Å². The number of hydrogen-bond donors (Lipinski definition) is 1. The molecule has 0 saturated heterocycles. The summed E-state index contributed by atoms with van der Waals surface area (Å²) >= 11 is 5.40. The number of aliphatic hydroxyl groups excluding tert-OH is 1. The van der Waals surface area contributed by atoms with Crippen LogP contribution in [0.3, 0.4) is 0 Å². The highest BCUT2D eigenvalue weighted by molar-refractivity contribution is 6.31. The molecule has 72 valence electrons. The van der Waals surface area contributed by atoms with Gasteiger partial charge in [-0.2, -0.15) is 13.2 Å². The van der Waals surface area contributed by atoms with Crippen molar-refractivity contribution in [3.63, 3.8) is 0 Å². The van der Waals surface area contributed by atoms with Crippen LogP contribution in [0.4, 0.5) is 13.2 Å². The molecule has 1 N–H and O–H groups in total. The summed E-state index contributed by atoms with van der Waals surface area (Å²) in [5.74, 6) is 0. The molecule has 1 heterocycles. The van der Waals surface area contributed by atoms with Crippen molar-refractivity contribution < 1.29 is 18.3 Å². The number of alkyl halides is 3. The van der Waals surface area contributed by atoms with Gasteiger partial charge in [-0.15, -0.1) is 0 Å². The van der Waals surface area contributed by atoms with E-state index in [1.165, 1.54) is 12.1 Å². The van der Waals surface area contributed by atoms with Gasteiger partial charge in [0.15, 0.2) is 6.10 Å². The van der Waals surface area contributed by atoms with Gasteiger partial charge < -0.3 is 5.11 Å². The average molecular weight is 212 g/mol. The van der Waals surface area contributed by atoms with Crippen molar-refractivity contribution in [2.24, 2.45) is 0 Å². The van der Waals surface area contributed by atoms with Crippen LogP contribution in [0, 0.1) is 0 Å². The lowest BCUT2D eigenvalue weighted by Gasteiger charge is -2.14. The van der Waals surface area contributed by atoms with Crippen LogP contribution in [0.5, 0.6) is 0 Å². The normalized spacial score (nSPS) is 14.2. The van der Waals surface area contributed by atoms with Crippen LogP contribution in [-0.2, 0) is 0 Å². The minimum atomic E-state index is -4.74. The molecule has 0 aliphatic heterocycles. The molecule has 0 radical (unpaired) electrons. The van der Waals surface area contributed by atoms with E-state index in [4.69, 9.17) is 16.7 Å². The van der Waals surface area contributed by atoms with Crippen LogP contribution in [0.1, 0.15) is 11.8 Å². The Balaban J connectivity index is 3.02. The summed E-state index contributed by atoms with van der Waals surface area (Å²) in [7, 11) is 0. The highest BCUT2D eigenvalue weighted by Crippen LogP contribution is 2.34. The highest BCUT2D eigenvalue weighted by atomic mass is 35.5. The number of nitrogens with zero attached hydrogens (tertiary/aromatic N) is 1. The van der Waals surface area contributed by atoms with E-state index in [2.05, 4.69) is 4.98 Å². The van der Waals surface area contributed by atoms with Gasteiger partial charge in [0.05, 0.1) is 10.7 Å².